The first-order valence-electron chi connectivity index (χ1n) is 17.2. The van der Waals surface area contributed by atoms with Gasteiger partial charge in [0.15, 0.2) is 48.0 Å². The van der Waals surface area contributed by atoms with Crippen LogP contribution >= 0.6 is 0 Å². The summed E-state index contributed by atoms with van der Waals surface area (Å²) in [4.78, 5) is 13.3. The molecule has 12 N–H and O–H groups in total. The monoisotopic (exact) mass is 786 g/mol. The molecule has 3 heterocycles. The number of hydrogen-bond acceptors (Lipinski definition) is 20. The number of ether oxygens (including phenoxy) is 7. The van der Waals surface area contributed by atoms with E-state index in [1.165, 1.54) is 43.3 Å². The Labute approximate surface area is 313 Å². The molecule has 2 aromatic carbocycles. The van der Waals surface area contributed by atoms with Crippen LogP contribution in [0.3, 0.4) is 0 Å². The van der Waals surface area contributed by atoms with E-state index >= 15 is 0 Å². The number of carbonyl (C=O) groups excluding carboxylic acids is 1. The van der Waals surface area contributed by atoms with Crippen LogP contribution in [0.2, 0.25) is 0 Å². The Bertz CT molecular complexity index is 1610. The van der Waals surface area contributed by atoms with Crippen molar-refractivity contribution in [3.8, 4) is 23.0 Å². The van der Waals surface area contributed by atoms with E-state index in [4.69, 9.17) is 33.2 Å². The van der Waals surface area contributed by atoms with E-state index in [9.17, 15) is 66.1 Å². The van der Waals surface area contributed by atoms with Crippen LogP contribution in [0.5, 0.6) is 23.0 Å². The largest absolute Gasteiger partial charge is 0.504 e. The predicted octanol–water partition coefficient (Wildman–Crippen LogP) is -3.19. The van der Waals surface area contributed by atoms with Crippen LogP contribution in [0.15, 0.2) is 42.5 Å². The summed E-state index contributed by atoms with van der Waals surface area (Å²) in [5.74, 6) is -2.71. The first-order chi connectivity index (χ1) is 26.1. The molecule has 20 heteroatoms. The van der Waals surface area contributed by atoms with Crippen molar-refractivity contribution in [3.63, 3.8) is 0 Å². The van der Waals surface area contributed by atoms with Gasteiger partial charge in [0.25, 0.3) is 0 Å². The van der Waals surface area contributed by atoms with Gasteiger partial charge in [0.2, 0.25) is 0 Å². The van der Waals surface area contributed by atoms with Gasteiger partial charge in [-0.3, -0.25) is 0 Å². The van der Waals surface area contributed by atoms with Gasteiger partial charge < -0.3 is 94.4 Å². The highest BCUT2D eigenvalue weighted by atomic mass is 16.8. The van der Waals surface area contributed by atoms with Crippen molar-refractivity contribution in [2.75, 3.05) is 19.8 Å². The molecule has 0 aromatic heterocycles. The first kappa shape index (κ1) is 42.4. The number of esters is 1. The van der Waals surface area contributed by atoms with E-state index in [-0.39, 0.29) is 30.1 Å². The zero-order chi connectivity index (χ0) is 40.1. The van der Waals surface area contributed by atoms with E-state index < -0.39 is 123 Å². The standard InChI is InChI=1S/C35H46O20/c1-14-24(42)26(44)29(47)35(51-14)55-32-30(48)34(49-9-8-16-3-6-18(38)20(40)11-16)53-22(13-50-33-28(46)27(45)25(43)21(12-36)52-33)31(32)54-23(41)7-4-15-2-5-17(37)19(39)10-15/h2-7,10-11,14,21-22,24-40,42-48H,8-9,12-13H2,1H3/b7-4+/t14-,21+,22+,24-,25+,26+,27-,28+,29+,30+,31+,32+,33?,34?,35?/m0/s1. The summed E-state index contributed by atoms with van der Waals surface area (Å²) in [7, 11) is 0. The average Bonchev–Trinajstić information content (AvgIpc) is 3.16. The van der Waals surface area contributed by atoms with Crippen LogP contribution in [-0.2, 0) is 44.4 Å². The van der Waals surface area contributed by atoms with Crippen LogP contribution in [0.25, 0.3) is 6.08 Å². The smallest absolute Gasteiger partial charge is 0.331 e. The van der Waals surface area contributed by atoms with E-state index in [2.05, 4.69) is 0 Å². The molecule has 0 saturated carbocycles. The minimum absolute atomic E-state index is 0.111. The quantitative estimate of drug-likeness (QED) is 0.0541. The Hall–Kier alpha value is -3.71. The van der Waals surface area contributed by atoms with E-state index in [0.717, 1.165) is 12.1 Å². The van der Waals surface area contributed by atoms with Gasteiger partial charge in [-0.15, -0.1) is 0 Å². The number of aliphatic hydroxyl groups excluding tert-OH is 8. The fraction of sp³-hybridized carbons (Fsp3) is 0.571. The molecule has 3 fully saturated rings. The van der Waals surface area contributed by atoms with Gasteiger partial charge >= 0.3 is 5.97 Å². The fourth-order valence-electron chi connectivity index (χ4n) is 6.14. The maximum absolute atomic E-state index is 13.3. The zero-order valence-electron chi connectivity index (χ0n) is 29.2. The summed E-state index contributed by atoms with van der Waals surface area (Å²) in [6.07, 6.45) is -22.6. The lowest BCUT2D eigenvalue weighted by molar-refractivity contribution is -0.364. The molecule has 0 aliphatic carbocycles. The number of phenolic OH excluding ortho intramolecular Hbond substituents is 4. The molecule has 3 unspecified atom stereocenters. The molecule has 3 saturated heterocycles. The first-order valence-corrected chi connectivity index (χ1v) is 17.2. The van der Waals surface area contributed by atoms with Gasteiger partial charge in [-0.1, -0.05) is 12.1 Å². The highest BCUT2D eigenvalue weighted by molar-refractivity contribution is 5.87. The Morgan fingerprint density at radius 2 is 1.29 bits per heavy atom. The van der Waals surface area contributed by atoms with Crippen molar-refractivity contribution in [1.29, 1.82) is 0 Å². The van der Waals surface area contributed by atoms with Crippen LogP contribution in [0.1, 0.15) is 18.1 Å². The number of rotatable bonds is 13. The van der Waals surface area contributed by atoms with Gasteiger partial charge in [0.05, 0.1) is 25.9 Å². The van der Waals surface area contributed by atoms with E-state index in [1.54, 1.807) is 0 Å². The van der Waals surface area contributed by atoms with Crippen LogP contribution in [0.4, 0.5) is 0 Å². The second kappa shape index (κ2) is 18.5. The summed E-state index contributed by atoms with van der Waals surface area (Å²) in [6, 6.07) is 7.75. The molecule has 0 radical (unpaired) electrons. The van der Waals surface area contributed by atoms with Gasteiger partial charge in [-0.2, -0.15) is 0 Å². The third-order valence-electron chi connectivity index (χ3n) is 9.36. The van der Waals surface area contributed by atoms with Gasteiger partial charge in [0, 0.05) is 6.08 Å². The third-order valence-corrected chi connectivity index (χ3v) is 9.36. The number of carbonyl (C=O) groups is 1. The molecule has 0 bridgehead atoms. The average molecular weight is 787 g/mol. The van der Waals surface area contributed by atoms with Gasteiger partial charge in [-0.25, -0.2) is 4.79 Å². The highest BCUT2D eigenvalue weighted by Crippen LogP contribution is 2.33. The lowest BCUT2D eigenvalue weighted by Gasteiger charge is -2.47. The Morgan fingerprint density at radius 3 is 1.96 bits per heavy atom. The maximum atomic E-state index is 13.3. The Kier molecular flexibility index (Phi) is 14.3. The SMILES string of the molecule is C[C@@H]1OC(O[C@H]2[C@H](OC(=O)/C=C/c3ccc(O)c(O)c3)[C@@H](COC3O[C@H](CO)[C@@H](O)[C@H](O)[C@H]3O)OC(OCCc3ccc(O)c(O)c3)[C@@H]2O)[C@H](O)[C@H](O)[C@H]1O. The summed E-state index contributed by atoms with van der Waals surface area (Å²) in [6.45, 7) is -0.254. The normalized spacial score (nSPS) is 36.9. The van der Waals surface area contributed by atoms with Crippen LogP contribution < -0.4 is 0 Å². The molecule has 0 amide bonds. The van der Waals surface area contributed by atoms with Crippen LogP contribution in [-0.4, -0.2) is 179 Å². The van der Waals surface area contributed by atoms with Crippen molar-refractivity contribution in [3.05, 3.63) is 53.6 Å². The Balaban J connectivity index is 1.43. The molecule has 15 atom stereocenters. The maximum Gasteiger partial charge on any atom is 0.331 e. The minimum atomic E-state index is -1.88. The molecule has 2 aromatic rings. The molecule has 306 valence electrons. The molecule has 55 heavy (non-hydrogen) atoms. The molecular weight excluding hydrogens is 740 g/mol. The van der Waals surface area contributed by atoms with Crippen molar-refractivity contribution in [2.45, 2.75) is 105 Å². The minimum Gasteiger partial charge on any atom is -0.504 e. The molecule has 5 rings (SSSR count). The zero-order valence-corrected chi connectivity index (χ0v) is 29.2. The van der Waals surface area contributed by atoms with Gasteiger partial charge in [-0.05, 0) is 54.8 Å². The number of aromatic hydroxyl groups is 4. The third kappa shape index (κ3) is 10.0. The summed E-state index contributed by atoms with van der Waals surface area (Å²) >= 11 is 0. The molecular formula is C35H46O20. The number of aliphatic hydroxyl groups is 8. The predicted molar refractivity (Wildman–Crippen MR) is 180 cm³/mol. The van der Waals surface area contributed by atoms with Crippen molar-refractivity contribution >= 4 is 12.0 Å². The van der Waals surface area contributed by atoms with Crippen molar-refractivity contribution in [1.82, 2.24) is 0 Å². The second-order valence-electron chi connectivity index (χ2n) is 13.3. The second-order valence-corrected chi connectivity index (χ2v) is 13.3. The number of benzene rings is 2. The van der Waals surface area contributed by atoms with Crippen LogP contribution in [0, 0.1) is 0 Å². The summed E-state index contributed by atoms with van der Waals surface area (Å²) in [5, 5.41) is 123. The lowest BCUT2D eigenvalue weighted by Crippen LogP contribution is -2.65. The fourth-order valence-corrected chi connectivity index (χ4v) is 6.14. The molecule has 3 aliphatic heterocycles. The number of phenols is 4. The Morgan fingerprint density at radius 1 is 0.673 bits per heavy atom. The lowest BCUT2D eigenvalue weighted by atomic mass is 9.96. The van der Waals surface area contributed by atoms with Crippen molar-refractivity contribution < 1.29 is 99.2 Å². The topological polar surface area (TPSA) is 324 Å². The summed E-state index contributed by atoms with van der Waals surface area (Å²) in [5.41, 5.74) is 0.773. The van der Waals surface area contributed by atoms with E-state index in [0.29, 0.717) is 5.56 Å². The van der Waals surface area contributed by atoms with Crippen molar-refractivity contribution in [2.24, 2.45) is 0 Å². The summed E-state index contributed by atoms with van der Waals surface area (Å²) < 4.78 is 40.2. The van der Waals surface area contributed by atoms with Gasteiger partial charge in [0.1, 0.15) is 61.0 Å². The highest BCUT2D eigenvalue weighted by Gasteiger charge is 2.53. The molecule has 0 spiro atoms. The molecule has 3 aliphatic rings. The van der Waals surface area contributed by atoms with E-state index in [1.807, 2.05) is 0 Å². The number of hydrogen-bond donors (Lipinski definition) is 12. The molecule has 20 nitrogen and oxygen atoms in total.